The van der Waals surface area contributed by atoms with Crippen LogP contribution in [0.5, 0.6) is 0 Å². The first-order valence-electron chi connectivity index (χ1n) is 9.13. The van der Waals surface area contributed by atoms with Gasteiger partial charge in [0, 0.05) is 6.54 Å². The topological polar surface area (TPSA) is 29.5 Å². The van der Waals surface area contributed by atoms with Gasteiger partial charge in [0.2, 0.25) is 0 Å². The molecule has 0 radical (unpaired) electrons. The SMILES string of the molecule is CCCCN(C(=O)OC(C)(C)C)c1cc(C(C)(C)C)ccc1CC. The molecule has 24 heavy (non-hydrogen) atoms. The molecule has 3 nitrogen and oxygen atoms in total. The lowest BCUT2D eigenvalue weighted by Crippen LogP contribution is -2.38. The third-order valence-corrected chi connectivity index (χ3v) is 3.97. The highest BCUT2D eigenvalue weighted by Gasteiger charge is 2.26. The normalized spacial score (nSPS) is 12.2. The Hall–Kier alpha value is -1.51. The van der Waals surface area contributed by atoms with Crippen LogP contribution in [-0.4, -0.2) is 18.2 Å². The average Bonchev–Trinajstić information content (AvgIpc) is 2.44. The summed E-state index contributed by atoms with van der Waals surface area (Å²) in [6, 6.07) is 6.49. The van der Waals surface area contributed by atoms with Gasteiger partial charge >= 0.3 is 6.09 Å². The Balaban J connectivity index is 3.32. The first kappa shape index (κ1) is 20.5. The summed E-state index contributed by atoms with van der Waals surface area (Å²) in [5.41, 5.74) is 2.97. The van der Waals surface area contributed by atoms with E-state index in [2.05, 4.69) is 52.8 Å². The summed E-state index contributed by atoms with van der Waals surface area (Å²) in [4.78, 5) is 14.6. The summed E-state index contributed by atoms with van der Waals surface area (Å²) in [6.45, 7) is 17.3. The number of carbonyl (C=O) groups is 1. The molecule has 0 aliphatic carbocycles. The maximum atomic E-state index is 12.8. The van der Waals surface area contributed by atoms with Gasteiger partial charge in [0.05, 0.1) is 5.69 Å². The van der Waals surface area contributed by atoms with Crippen molar-refractivity contribution in [1.29, 1.82) is 0 Å². The molecule has 0 atom stereocenters. The molecule has 0 fully saturated rings. The zero-order valence-corrected chi connectivity index (χ0v) is 16.8. The van der Waals surface area contributed by atoms with E-state index in [0.717, 1.165) is 24.9 Å². The van der Waals surface area contributed by atoms with E-state index in [1.807, 2.05) is 25.7 Å². The zero-order valence-electron chi connectivity index (χ0n) is 16.8. The molecule has 3 heteroatoms. The Morgan fingerprint density at radius 1 is 1.08 bits per heavy atom. The van der Waals surface area contributed by atoms with Crippen LogP contribution < -0.4 is 4.90 Å². The molecule has 0 unspecified atom stereocenters. The van der Waals surface area contributed by atoms with Crippen LogP contribution in [0, 0.1) is 0 Å². The fraction of sp³-hybridized carbons (Fsp3) is 0.667. The second-order valence-corrected chi connectivity index (χ2v) is 8.43. The van der Waals surface area contributed by atoms with Gasteiger partial charge in [-0.15, -0.1) is 0 Å². The van der Waals surface area contributed by atoms with E-state index in [1.54, 1.807) is 0 Å². The summed E-state index contributed by atoms with van der Waals surface area (Å²) in [7, 11) is 0. The molecular weight excluding hydrogens is 298 g/mol. The maximum absolute atomic E-state index is 12.8. The van der Waals surface area contributed by atoms with Crippen LogP contribution >= 0.6 is 0 Å². The number of nitrogens with zero attached hydrogens (tertiary/aromatic N) is 1. The standard InChI is InChI=1S/C21H35NO2/c1-9-11-14-22(19(23)24-21(6,7)8)18-15-17(20(3,4)5)13-12-16(18)10-2/h12-13,15H,9-11,14H2,1-8H3. The van der Waals surface area contributed by atoms with Crippen molar-refractivity contribution in [2.75, 3.05) is 11.4 Å². The molecule has 0 aliphatic heterocycles. The van der Waals surface area contributed by atoms with Crippen molar-refractivity contribution in [2.45, 2.75) is 85.7 Å². The second-order valence-electron chi connectivity index (χ2n) is 8.43. The number of benzene rings is 1. The van der Waals surface area contributed by atoms with Crippen molar-refractivity contribution in [1.82, 2.24) is 0 Å². The summed E-state index contributed by atoms with van der Waals surface area (Å²) in [5, 5.41) is 0. The molecule has 0 saturated heterocycles. The Morgan fingerprint density at radius 2 is 1.71 bits per heavy atom. The van der Waals surface area contributed by atoms with Gasteiger partial charge in [-0.3, -0.25) is 4.90 Å². The molecule has 136 valence electrons. The predicted molar refractivity (Wildman–Crippen MR) is 103 cm³/mol. The minimum absolute atomic E-state index is 0.0470. The Labute approximate surface area is 148 Å². The van der Waals surface area contributed by atoms with Gasteiger partial charge in [0.15, 0.2) is 0 Å². The molecule has 1 amide bonds. The van der Waals surface area contributed by atoms with Crippen LogP contribution in [0.2, 0.25) is 0 Å². The lowest BCUT2D eigenvalue weighted by Gasteiger charge is -2.30. The van der Waals surface area contributed by atoms with E-state index in [-0.39, 0.29) is 11.5 Å². The Kier molecular flexibility index (Phi) is 6.88. The minimum Gasteiger partial charge on any atom is -0.443 e. The molecule has 1 aromatic carbocycles. The molecule has 0 N–H and O–H groups in total. The monoisotopic (exact) mass is 333 g/mol. The smallest absolute Gasteiger partial charge is 0.414 e. The largest absolute Gasteiger partial charge is 0.443 e. The van der Waals surface area contributed by atoms with Crippen molar-refractivity contribution in [2.24, 2.45) is 0 Å². The van der Waals surface area contributed by atoms with Crippen LogP contribution in [0.25, 0.3) is 0 Å². The highest BCUT2D eigenvalue weighted by Crippen LogP contribution is 2.31. The van der Waals surface area contributed by atoms with Crippen LogP contribution in [0.1, 0.15) is 79.4 Å². The predicted octanol–water partition coefficient (Wildman–Crippen LogP) is 6.09. The minimum atomic E-state index is -0.491. The van der Waals surface area contributed by atoms with E-state index in [4.69, 9.17) is 4.74 Å². The second kappa shape index (κ2) is 8.04. The average molecular weight is 334 g/mol. The molecule has 0 spiro atoms. The number of amides is 1. The molecule has 0 aliphatic rings. The Bertz CT molecular complexity index is 550. The molecule has 0 heterocycles. The number of hydrogen-bond acceptors (Lipinski definition) is 2. The quantitative estimate of drug-likeness (QED) is 0.652. The third-order valence-electron chi connectivity index (χ3n) is 3.97. The van der Waals surface area contributed by atoms with Crippen molar-refractivity contribution >= 4 is 11.8 Å². The summed E-state index contributed by atoms with van der Waals surface area (Å²) >= 11 is 0. The van der Waals surface area contributed by atoms with Gasteiger partial charge in [0.1, 0.15) is 5.60 Å². The summed E-state index contributed by atoms with van der Waals surface area (Å²) in [5.74, 6) is 0. The van der Waals surface area contributed by atoms with Gasteiger partial charge in [0.25, 0.3) is 0 Å². The van der Waals surface area contributed by atoms with E-state index in [0.29, 0.717) is 6.54 Å². The summed E-state index contributed by atoms with van der Waals surface area (Å²) in [6.07, 6.45) is 2.64. The Morgan fingerprint density at radius 3 is 2.17 bits per heavy atom. The number of hydrogen-bond donors (Lipinski definition) is 0. The first-order valence-corrected chi connectivity index (χ1v) is 9.13. The molecule has 0 bridgehead atoms. The van der Waals surface area contributed by atoms with Crippen LogP contribution in [0.4, 0.5) is 10.5 Å². The number of rotatable bonds is 5. The van der Waals surface area contributed by atoms with E-state index < -0.39 is 5.60 Å². The molecule has 0 saturated carbocycles. The lowest BCUT2D eigenvalue weighted by atomic mass is 9.86. The van der Waals surface area contributed by atoms with Crippen LogP contribution in [-0.2, 0) is 16.6 Å². The lowest BCUT2D eigenvalue weighted by molar-refractivity contribution is 0.0579. The highest BCUT2D eigenvalue weighted by atomic mass is 16.6. The maximum Gasteiger partial charge on any atom is 0.414 e. The van der Waals surface area contributed by atoms with Crippen LogP contribution in [0.3, 0.4) is 0 Å². The third kappa shape index (κ3) is 5.85. The number of carbonyl (C=O) groups excluding carboxylic acids is 1. The fourth-order valence-corrected chi connectivity index (χ4v) is 2.52. The fourth-order valence-electron chi connectivity index (χ4n) is 2.52. The van der Waals surface area contributed by atoms with Crippen LogP contribution in [0.15, 0.2) is 18.2 Å². The van der Waals surface area contributed by atoms with Crippen molar-refractivity contribution < 1.29 is 9.53 Å². The number of aryl methyl sites for hydroxylation is 1. The highest BCUT2D eigenvalue weighted by molar-refractivity contribution is 5.89. The molecule has 1 aromatic rings. The molecule has 0 aromatic heterocycles. The zero-order chi connectivity index (χ0) is 18.5. The summed E-state index contributed by atoms with van der Waals surface area (Å²) < 4.78 is 5.66. The van der Waals surface area contributed by atoms with E-state index >= 15 is 0 Å². The van der Waals surface area contributed by atoms with Gasteiger partial charge < -0.3 is 4.74 Å². The van der Waals surface area contributed by atoms with E-state index in [9.17, 15) is 4.79 Å². The van der Waals surface area contributed by atoms with Crippen molar-refractivity contribution in [3.8, 4) is 0 Å². The van der Waals surface area contributed by atoms with Crippen molar-refractivity contribution in [3.05, 3.63) is 29.3 Å². The van der Waals surface area contributed by atoms with E-state index in [1.165, 1.54) is 11.1 Å². The molecule has 1 rings (SSSR count). The van der Waals surface area contributed by atoms with Gasteiger partial charge in [-0.25, -0.2) is 4.79 Å². The van der Waals surface area contributed by atoms with Gasteiger partial charge in [-0.2, -0.15) is 0 Å². The molecular formula is C21H35NO2. The van der Waals surface area contributed by atoms with Gasteiger partial charge in [-0.05, 0) is 56.2 Å². The van der Waals surface area contributed by atoms with Crippen molar-refractivity contribution in [3.63, 3.8) is 0 Å². The first-order chi connectivity index (χ1) is 11.0. The van der Waals surface area contributed by atoms with Gasteiger partial charge in [-0.1, -0.05) is 53.2 Å². The number of anilines is 1. The number of unbranched alkanes of at least 4 members (excludes halogenated alkanes) is 1. The number of ether oxygens (including phenoxy) is 1.